The van der Waals surface area contributed by atoms with Crippen LogP contribution in [0.15, 0.2) is 24.3 Å². The van der Waals surface area contributed by atoms with Crippen molar-refractivity contribution >= 4 is 19.8 Å². The molecule has 10 heteroatoms. The van der Waals surface area contributed by atoms with E-state index in [9.17, 15) is 19.0 Å². The summed E-state index contributed by atoms with van der Waals surface area (Å²) < 4.78 is 32.8. The zero-order valence-electron chi connectivity index (χ0n) is 37.1. The molecule has 9 nitrogen and oxygen atoms in total. The molecule has 0 fully saturated rings. The van der Waals surface area contributed by atoms with E-state index in [0.717, 1.165) is 44.9 Å². The van der Waals surface area contributed by atoms with E-state index >= 15 is 0 Å². The van der Waals surface area contributed by atoms with Gasteiger partial charge in [-0.3, -0.25) is 18.6 Å². The van der Waals surface area contributed by atoms with E-state index in [2.05, 4.69) is 38.2 Å². The Kier molecular flexibility index (Phi) is 42.9. The monoisotopic (exact) mass is 828 g/mol. The molecule has 3 N–H and O–H groups in total. The van der Waals surface area contributed by atoms with Crippen LogP contribution in [0.1, 0.15) is 232 Å². The number of nitrogens with two attached hydrogens (primary N) is 1. The molecule has 336 valence electrons. The molecule has 0 spiro atoms. The van der Waals surface area contributed by atoms with E-state index in [1.807, 2.05) is 0 Å². The van der Waals surface area contributed by atoms with Crippen molar-refractivity contribution in [1.29, 1.82) is 0 Å². The van der Waals surface area contributed by atoms with Crippen LogP contribution in [0.5, 0.6) is 0 Å². The number of hydrogen-bond donors (Lipinski definition) is 2. The summed E-state index contributed by atoms with van der Waals surface area (Å²) in [5.41, 5.74) is 5.36. The van der Waals surface area contributed by atoms with E-state index in [-0.39, 0.29) is 38.6 Å². The molecule has 0 aliphatic heterocycles. The van der Waals surface area contributed by atoms with E-state index in [4.69, 9.17) is 24.3 Å². The quantitative estimate of drug-likeness (QED) is 0.0266. The number of phosphoric acid groups is 1. The van der Waals surface area contributed by atoms with Gasteiger partial charge in [0.15, 0.2) is 6.10 Å². The van der Waals surface area contributed by atoms with Crippen LogP contribution >= 0.6 is 7.82 Å². The fourth-order valence-corrected chi connectivity index (χ4v) is 7.51. The molecule has 0 rings (SSSR count). The summed E-state index contributed by atoms with van der Waals surface area (Å²) in [7, 11) is -4.38. The molecule has 0 aromatic rings. The molecular formula is C47H90NO8P. The van der Waals surface area contributed by atoms with Gasteiger partial charge < -0.3 is 20.1 Å². The molecule has 0 aliphatic rings. The first-order valence-electron chi connectivity index (χ1n) is 23.8. The van der Waals surface area contributed by atoms with Crippen LogP contribution in [0, 0.1) is 0 Å². The van der Waals surface area contributed by atoms with Crippen molar-refractivity contribution in [3.63, 3.8) is 0 Å². The van der Waals surface area contributed by atoms with Crippen LogP contribution in [0.3, 0.4) is 0 Å². The zero-order chi connectivity index (χ0) is 41.8. The Morgan fingerprint density at radius 1 is 0.509 bits per heavy atom. The number of rotatable bonds is 45. The van der Waals surface area contributed by atoms with E-state index in [1.54, 1.807) is 0 Å². The summed E-state index contributed by atoms with van der Waals surface area (Å²) in [6.45, 7) is 3.74. The van der Waals surface area contributed by atoms with Gasteiger partial charge in [0.1, 0.15) is 6.61 Å². The van der Waals surface area contributed by atoms with Crippen molar-refractivity contribution in [2.75, 3.05) is 26.4 Å². The lowest BCUT2D eigenvalue weighted by atomic mass is 10.0. The predicted molar refractivity (Wildman–Crippen MR) is 238 cm³/mol. The smallest absolute Gasteiger partial charge is 0.462 e. The van der Waals surface area contributed by atoms with Crippen molar-refractivity contribution in [3.8, 4) is 0 Å². The Bertz CT molecular complexity index is 990. The molecule has 0 saturated carbocycles. The van der Waals surface area contributed by atoms with Gasteiger partial charge in [-0.05, 0) is 64.2 Å². The van der Waals surface area contributed by atoms with Gasteiger partial charge in [-0.1, -0.05) is 179 Å². The standard InChI is InChI=1S/C47H90NO8P/c1-3-5-7-9-11-13-15-17-19-20-21-22-23-24-26-27-29-31-33-35-37-39-46(49)53-43-45(44-55-57(51,52)54-42-41-48)56-47(50)40-38-36-34-32-30-28-25-18-16-14-12-10-8-6-4-2/h14,16-17,19,45H,3-13,15,18,20-44,48H2,1-2H3,(H,51,52)/b16-14+,19-17+/t45-/m0/s1. The lowest BCUT2D eigenvalue weighted by Crippen LogP contribution is -2.29. The molecule has 1 unspecified atom stereocenters. The number of ether oxygens (including phenoxy) is 2. The largest absolute Gasteiger partial charge is 0.472 e. The van der Waals surface area contributed by atoms with Gasteiger partial charge >= 0.3 is 19.8 Å². The minimum atomic E-state index is -4.38. The fourth-order valence-electron chi connectivity index (χ4n) is 6.74. The van der Waals surface area contributed by atoms with Crippen LogP contribution in [0.4, 0.5) is 0 Å². The molecule has 57 heavy (non-hydrogen) atoms. The number of phosphoric ester groups is 1. The lowest BCUT2D eigenvalue weighted by Gasteiger charge is -2.19. The number of unbranched alkanes of at least 4 members (excludes halogenated alkanes) is 28. The molecule has 0 radical (unpaired) electrons. The summed E-state index contributed by atoms with van der Waals surface area (Å²) >= 11 is 0. The average Bonchev–Trinajstić information content (AvgIpc) is 3.20. The normalized spacial score (nSPS) is 13.4. The first-order valence-corrected chi connectivity index (χ1v) is 25.3. The molecule has 0 aliphatic carbocycles. The number of hydrogen-bond acceptors (Lipinski definition) is 8. The highest BCUT2D eigenvalue weighted by molar-refractivity contribution is 7.47. The first-order chi connectivity index (χ1) is 27.8. The molecular weight excluding hydrogens is 737 g/mol. The van der Waals surface area contributed by atoms with Crippen molar-refractivity contribution in [2.24, 2.45) is 5.73 Å². The number of carbonyl (C=O) groups excluding carboxylic acids is 2. The predicted octanol–water partition coefficient (Wildman–Crippen LogP) is 13.9. The van der Waals surface area contributed by atoms with Crippen LogP contribution in [-0.2, 0) is 32.7 Å². The lowest BCUT2D eigenvalue weighted by molar-refractivity contribution is -0.161. The third kappa shape index (κ3) is 43.9. The van der Waals surface area contributed by atoms with Crippen molar-refractivity contribution in [2.45, 2.75) is 238 Å². The number of carbonyl (C=O) groups is 2. The van der Waals surface area contributed by atoms with Gasteiger partial charge in [-0.15, -0.1) is 0 Å². The minimum Gasteiger partial charge on any atom is -0.462 e. The van der Waals surface area contributed by atoms with Gasteiger partial charge in [0.05, 0.1) is 13.2 Å². The Balaban J connectivity index is 4.05. The van der Waals surface area contributed by atoms with Crippen LogP contribution in [0.25, 0.3) is 0 Å². The Hall–Kier alpha value is -1.51. The van der Waals surface area contributed by atoms with Gasteiger partial charge in [0.25, 0.3) is 0 Å². The highest BCUT2D eigenvalue weighted by atomic mass is 31.2. The maximum atomic E-state index is 12.6. The highest BCUT2D eigenvalue weighted by Gasteiger charge is 2.26. The Labute approximate surface area is 351 Å². The van der Waals surface area contributed by atoms with E-state index in [0.29, 0.717) is 6.42 Å². The Morgan fingerprint density at radius 2 is 0.860 bits per heavy atom. The number of allylic oxidation sites excluding steroid dienone is 4. The second-order valence-electron chi connectivity index (χ2n) is 16.0. The molecule has 0 bridgehead atoms. The van der Waals surface area contributed by atoms with Crippen LogP contribution in [-0.4, -0.2) is 49.3 Å². The van der Waals surface area contributed by atoms with E-state index < -0.39 is 26.5 Å². The van der Waals surface area contributed by atoms with Crippen molar-refractivity contribution in [1.82, 2.24) is 0 Å². The molecule has 0 aromatic heterocycles. The molecule has 0 amide bonds. The first kappa shape index (κ1) is 55.5. The Morgan fingerprint density at radius 3 is 1.26 bits per heavy atom. The van der Waals surface area contributed by atoms with Crippen LogP contribution in [0.2, 0.25) is 0 Å². The summed E-state index contributed by atoms with van der Waals surface area (Å²) in [4.78, 5) is 34.9. The summed E-state index contributed by atoms with van der Waals surface area (Å²) in [5, 5.41) is 0. The summed E-state index contributed by atoms with van der Waals surface area (Å²) in [6.07, 6.45) is 47.8. The second kappa shape index (κ2) is 44.1. The SMILES string of the molecule is CCCCCC/C=C/CCCCCCCCCC(=O)O[C@@H](COC(=O)CCCCCCCCCCCCC/C=C/CCCCCCCC)COP(=O)(O)OCCN. The minimum absolute atomic E-state index is 0.0540. The summed E-state index contributed by atoms with van der Waals surface area (Å²) in [6, 6.07) is 0. The fraction of sp³-hybridized carbons (Fsp3) is 0.872. The molecule has 2 atom stereocenters. The maximum Gasteiger partial charge on any atom is 0.472 e. The van der Waals surface area contributed by atoms with Gasteiger partial charge in [0, 0.05) is 19.4 Å². The third-order valence-corrected chi connectivity index (χ3v) is 11.3. The molecule has 0 heterocycles. The average molecular weight is 828 g/mol. The van der Waals surface area contributed by atoms with Crippen LogP contribution < -0.4 is 5.73 Å². The van der Waals surface area contributed by atoms with Crippen molar-refractivity contribution < 1.29 is 37.6 Å². The topological polar surface area (TPSA) is 134 Å². The summed E-state index contributed by atoms with van der Waals surface area (Å²) in [5.74, 6) is -0.826. The van der Waals surface area contributed by atoms with E-state index in [1.165, 1.54) is 154 Å². The zero-order valence-corrected chi connectivity index (χ0v) is 38.0. The van der Waals surface area contributed by atoms with Gasteiger partial charge in [-0.25, -0.2) is 4.57 Å². The molecule has 0 saturated heterocycles. The second-order valence-corrected chi connectivity index (χ2v) is 17.4. The van der Waals surface area contributed by atoms with Gasteiger partial charge in [0.2, 0.25) is 0 Å². The van der Waals surface area contributed by atoms with Crippen molar-refractivity contribution in [3.05, 3.63) is 24.3 Å². The molecule has 0 aromatic carbocycles. The third-order valence-electron chi connectivity index (χ3n) is 10.3. The highest BCUT2D eigenvalue weighted by Crippen LogP contribution is 2.43. The number of esters is 2. The van der Waals surface area contributed by atoms with Gasteiger partial charge in [-0.2, -0.15) is 0 Å². The maximum absolute atomic E-state index is 12.6.